The summed E-state index contributed by atoms with van der Waals surface area (Å²) in [5, 5.41) is 13.1. The van der Waals surface area contributed by atoms with Crippen molar-refractivity contribution in [1.82, 2.24) is 4.98 Å². The van der Waals surface area contributed by atoms with E-state index in [1.807, 2.05) is 0 Å². The van der Waals surface area contributed by atoms with E-state index in [1.165, 1.54) is 12.1 Å². The molecule has 0 radical (unpaired) electrons. The highest BCUT2D eigenvalue weighted by Gasteiger charge is 2.33. The first-order chi connectivity index (χ1) is 11.4. The number of anilines is 1. The summed E-state index contributed by atoms with van der Waals surface area (Å²) >= 11 is 0. The Hall–Kier alpha value is -1.98. The predicted molar refractivity (Wildman–Crippen MR) is 91.8 cm³/mol. The van der Waals surface area contributed by atoms with Crippen molar-refractivity contribution in [3.8, 4) is 0 Å². The molecule has 128 valence electrons. The van der Waals surface area contributed by atoms with Crippen LogP contribution in [0.3, 0.4) is 0 Å². The van der Waals surface area contributed by atoms with Crippen LogP contribution in [-0.2, 0) is 16.6 Å². The fourth-order valence-corrected chi connectivity index (χ4v) is 3.13. The summed E-state index contributed by atoms with van der Waals surface area (Å²) < 4.78 is 18.6. The summed E-state index contributed by atoms with van der Waals surface area (Å²) in [7, 11) is 1.57. The minimum Gasteiger partial charge on any atom is -0.393 e. The summed E-state index contributed by atoms with van der Waals surface area (Å²) in [6, 6.07) is 8.53. The molecule has 0 aliphatic carbocycles. The molecule has 4 nitrogen and oxygen atoms in total. The van der Waals surface area contributed by atoms with Crippen LogP contribution in [0.5, 0.6) is 0 Å². The van der Waals surface area contributed by atoms with Crippen molar-refractivity contribution in [1.29, 1.82) is 0 Å². The van der Waals surface area contributed by atoms with Gasteiger partial charge in [-0.05, 0) is 35.7 Å². The predicted octanol–water partition coefficient (Wildman–Crippen LogP) is 3.19. The van der Waals surface area contributed by atoms with Gasteiger partial charge >= 0.3 is 0 Å². The van der Waals surface area contributed by atoms with Crippen LogP contribution >= 0.6 is 0 Å². The molecule has 5 heteroatoms. The average molecular weight is 330 g/mol. The van der Waals surface area contributed by atoms with E-state index in [2.05, 4.69) is 25.2 Å². The molecule has 3 rings (SSSR count). The number of rotatable bonds is 5. The minimum atomic E-state index is -0.470. The maximum Gasteiger partial charge on any atom is 0.123 e. The number of ether oxygens (including phenoxy) is 1. The molecular weight excluding hydrogens is 307 g/mol. The Labute approximate surface area is 141 Å². The lowest BCUT2D eigenvalue weighted by Gasteiger charge is -2.21. The molecule has 1 aromatic carbocycles. The Bertz CT molecular complexity index is 725. The third-order valence-electron chi connectivity index (χ3n) is 4.56. The third kappa shape index (κ3) is 3.14. The van der Waals surface area contributed by atoms with E-state index in [1.54, 1.807) is 19.2 Å². The van der Waals surface area contributed by atoms with Crippen molar-refractivity contribution in [3.63, 3.8) is 0 Å². The molecule has 1 aromatic heterocycles. The van der Waals surface area contributed by atoms with E-state index < -0.39 is 6.10 Å². The van der Waals surface area contributed by atoms with Crippen LogP contribution in [0.4, 0.5) is 10.1 Å². The lowest BCUT2D eigenvalue weighted by Crippen LogP contribution is -2.21. The standard InChI is InChI=1S/C19H23FN2O2/c1-19(2)11-21-15-9-13(8-12-4-6-14(20)7-5-12)17(22-18(15)19)16(10-23)24-3/h4-7,9,16,21,23H,8,10-11H2,1-3H3/t16-/m1/s1. The second kappa shape index (κ2) is 6.49. The number of hydrogen-bond acceptors (Lipinski definition) is 4. The maximum absolute atomic E-state index is 13.1. The lowest BCUT2D eigenvalue weighted by molar-refractivity contribution is 0.0447. The summed E-state index contributed by atoms with van der Waals surface area (Å²) in [6.45, 7) is 4.98. The second-order valence-corrected chi connectivity index (χ2v) is 6.88. The molecular formula is C19H23FN2O2. The zero-order valence-electron chi connectivity index (χ0n) is 14.3. The Morgan fingerprint density at radius 2 is 2.04 bits per heavy atom. The van der Waals surface area contributed by atoms with Gasteiger partial charge in [-0.3, -0.25) is 4.98 Å². The Morgan fingerprint density at radius 3 is 2.67 bits per heavy atom. The maximum atomic E-state index is 13.1. The number of nitrogens with zero attached hydrogens (tertiary/aromatic N) is 1. The molecule has 2 aromatic rings. The van der Waals surface area contributed by atoms with E-state index >= 15 is 0 Å². The van der Waals surface area contributed by atoms with E-state index in [4.69, 9.17) is 9.72 Å². The van der Waals surface area contributed by atoms with E-state index in [9.17, 15) is 9.50 Å². The van der Waals surface area contributed by atoms with E-state index in [0.717, 1.165) is 34.7 Å². The molecule has 1 atom stereocenters. The molecule has 0 bridgehead atoms. The number of benzene rings is 1. The molecule has 0 amide bonds. The molecule has 24 heavy (non-hydrogen) atoms. The summed E-state index contributed by atoms with van der Waals surface area (Å²) in [5.74, 6) is -0.250. The van der Waals surface area contributed by atoms with Crippen molar-refractivity contribution in [2.24, 2.45) is 0 Å². The second-order valence-electron chi connectivity index (χ2n) is 6.88. The van der Waals surface area contributed by atoms with Gasteiger partial charge in [0.2, 0.25) is 0 Å². The van der Waals surface area contributed by atoms with Crippen molar-refractivity contribution >= 4 is 5.69 Å². The Morgan fingerprint density at radius 1 is 1.33 bits per heavy atom. The van der Waals surface area contributed by atoms with Gasteiger partial charge in [-0.25, -0.2) is 4.39 Å². The third-order valence-corrected chi connectivity index (χ3v) is 4.56. The van der Waals surface area contributed by atoms with E-state index in [0.29, 0.717) is 6.42 Å². The number of hydrogen-bond donors (Lipinski definition) is 2. The Kier molecular flexibility index (Phi) is 4.56. The largest absolute Gasteiger partial charge is 0.393 e. The van der Waals surface area contributed by atoms with Crippen molar-refractivity contribution in [3.05, 3.63) is 58.7 Å². The zero-order valence-corrected chi connectivity index (χ0v) is 14.3. The van der Waals surface area contributed by atoms with Gasteiger partial charge in [0.05, 0.1) is 23.7 Å². The smallest absolute Gasteiger partial charge is 0.123 e. The lowest BCUT2D eigenvalue weighted by atomic mass is 9.90. The number of aliphatic hydroxyl groups is 1. The molecule has 1 aliphatic heterocycles. The summed E-state index contributed by atoms with van der Waals surface area (Å²) in [5.41, 5.74) is 4.67. The molecule has 1 aliphatic rings. The van der Waals surface area contributed by atoms with Crippen LogP contribution in [0.15, 0.2) is 30.3 Å². The quantitative estimate of drug-likeness (QED) is 0.884. The molecule has 0 spiro atoms. The zero-order chi connectivity index (χ0) is 17.3. The fraction of sp³-hybridized carbons (Fsp3) is 0.421. The van der Waals surface area contributed by atoms with Crippen LogP contribution in [-0.4, -0.2) is 30.4 Å². The van der Waals surface area contributed by atoms with Gasteiger partial charge in [0.25, 0.3) is 0 Å². The highest BCUT2D eigenvalue weighted by molar-refractivity contribution is 5.59. The molecule has 0 fully saturated rings. The SMILES string of the molecule is CO[C@H](CO)c1nc2c(cc1Cc1ccc(F)cc1)NCC2(C)C. The first-order valence-corrected chi connectivity index (χ1v) is 8.11. The number of nitrogens with one attached hydrogen (secondary N) is 1. The molecule has 2 N–H and O–H groups in total. The van der Waals surface area contributed by atoms with Crippen molar-refractivity contribution in [2.75, 3.05) is 25.6 Å². The first-order valence-electron chi connectivity index (χ1n) is 8.11. The highest BCUT2D eigenvalue weighted by Crippen LogP contribution is 2.37. The molecule has 0 saturated heterocycles. The number of fused-ring (bicyclic) bond motifs is 1. The summed E-state index contributed by atoms with van der Waals surface area (Å²) in [4.78, 5) is 4.84. The van der Waals surface area contributed by atoms with Crippen LogP contribution in [0.1, 0.15) is 42.5 Å². The molecule has 0 unspecified atom stereocenters. The van der Waals surface area contributed by atoms with Crippen LogP contribution < -0.4 is 5.32 Å². The summed E-state index contributed by atoms with van der Waals surface area (Å²) in [6.07, 6.45) is 0.139. The van der Waals surface area contributed by atoms with Crippen LogP contribution in [0.25, 0.3) is 0 Å². The van der Waals surface area contributed by atoms with Gasteiger partial charge in [0.15, 0.2) is 0 Å². The average Bonchev–Trinajstić information content (AvgIpc) is 2.86. The number of pyridine rings is 1. The molecule has 0 saturated carbocycles. The Balaban J connectivity index is 2.05. The number of aliphatic hydroxyl groups excluding tert-OH is 1. The monoisotopic (exact) mass is 330 g/mol. The number of halogens is 1. The van der Waals surface area contributed by atoms with Gasteiger partial charge < -0.3 is 15.2 Å². The van der Waals surface area contributed by atoms with E-state index in [-0.39, 0.29) is 17.8 Å². The fourth-order valence-electron chi connectivity index (χ4n) is 3.13. The van der Waals surface area contributed by atoms with Gasteiger partial charge in [-0.1, -0.05) is 26.0 Å². The van der Waals surface area contributed by atoms with Crippen molar-refractivity contribution < 1.29 is 14.2 Å². The highest BCUT2D eigenvalue weighted by atomic mass is 19.1. The van der Waals surface area contributed by atoms with Gasteiger partial charge in [-0.2, -0.15) is 0 Å². The number of methoxy groups -OCH3 is 1. The van der Waals surface area contributed by atoms with Crippen molar-refractivity contribution in [2.45, 2.75) is 31.8 Å². The van der Waals surface area contributed by atoms with Gasteiger partial charge in [0.1, 0.15) is 11.9 Å². The number of aromatic nitrogens is 1. The van der Waals surface area contributed by atoms with Gasteiger partial charge in [-0.15, -0.1) is 0 Å². The topological polar surface area (TPSA) is 54.4 Å². The molecule has 2 heterocycles. The van der Waals surface area contributed by atoms with Crippen LogP contribution in [0, 0.1) is 5.82 Å². The van der Waals surface area contributed by atoms with Gasteiger partial charge in [0, 0.05) is 19.1 Å². The minimum absolute atomic E-state index is 0.0633. The van der Waals surface area contributed by atoms with Crippen LogP contribution in [0.2, 0.25) is 0 Å². The normalized spacial score (nSPS) is 16.5. The first kappa shape index (κ1) is 16.9.